The van der Waals surface area contributed by atoms with Gasteiger partial charge in [-0.15, -0.1) is 0 Å². The minimum Gasteiger partial charge on any atom is -0.475 e. The number of aryl methyl sites for hydroxylation is 1. The van der Waals surface area contributed by atoms with Crippen LogP contribution in [0.25, 0.3) is 0 Å². The minimum absolute atomic E-state index is 0.135. The summed E-state index contributed by atoms with van der Waals surface area (Å²) in [5, 5.41) is 18.6. The molecule has 1 saturated heterocycles. The van der Waals surface area contributed by atoms with Crippen molar-refractivity contribution in [2.24, 2.45) is 0 Å². The summed E-state index contributed by atoms with van der Waals surface area (Å²) in [5.74, 6) is -5.33. The summed E-state index contributed by atoms with van der Waals surface area (Å²) in [6, 6.07) is 12.6. The van der Waals surface area contributed by atoms with Crippen LogP contribution in [0.5, 0.6) is 5.88 Å². The number of halogens is 6. The van der Waals surface area contributed by atoms with Gasteiger partial charge in [0.25, 0.3) is 0 Å². The van der Waals surface area contributed by atoms with Crippen molar-refractivity contribution in [1.29, 1.82) is 0 Å². The van der Waals surface area contributed by atoms with E-state index in [0.29, 0.717) is 26.2 Å². The maximum absolute atomic E-state index is 13.7. The van der Waals surface area contributed by atoms with Crippen LogP contribution in [0, 0.1) is 0 Å². The number of aromatic nitrogens is 3. The van der Waals surface area contributed by atoms with Crippen LogP contribution in [-0.2, 0) is 39.2 Å². The van der Waals surface area contributed by atoms with Crippen LogP contribution in [0.15, 0.2) is 66.0 Å². The average Bonchev–Trinajstić information content (AvgIpc) is 3.56. The Morgan fingerprint density at radius 1 is 0.933 bits per heavy atom. The van der Waals surface area contributed by atoms with Gasteiger partial charge in [0, 0.05) is 50.7 Å². The monoisotopic (exact) mass is 667 g/mol. The molecule has 0 aliphatic carbocycles. The lowest BCUT2D eigenvalue weighted by atomic mass is 10.1. The van der Waals surface area contributed by atoms with Crippen molar-refractivity contribution in [3.63, 3.8) is 0 Å². The van der Waals surface area contributed by atoms with Crippen molar-refractivity contribution < 1.29 is 59.3 Å². The molecule has 0 radical (unpaired) electrons. The second-order valence-electron chi connectivity index (χ2n) is 9.57. The van der Waals surface area contributed by atoms with Gasteiger partial charge < -0.3 is 14.9 Å². The lowest BCUT2D eigenvalue weighted by Crippen LogP contribution is -2.46. The molecule has 2 aliphatic rings. The highest BCUT2D eigenvalue weighted by molar-refractivity contribution is 7.89. The first-order valence-electron chi connectivity index (χ1n) is 12.9. The molecule has 246 valence electrons. The molecule has 0 amide bonds. The van der Waals surface area contributed by atoms with E-state index in [4.69, 9.17) is 24.5 Å². The Hall–Kier alpha value is -4.23. The molecule has 12 nitrogen and oxygen atoms in total. The predicted octanol–water partition coefficient (Wildman–Crippen LogP) is 3.40. The molecule has 19 heteroatoms. The Labute approximate surface area is 252 Å². The van der Waals surface area contributed by atoms with Crippen molar-refractivity contribution in [3.8, 4) is 5.88 Å². The Balaban J connectivity index is 0.000000331. The van der Waals surface area contributed by atoms with Gasteiger partial charge in [-0.25, -0.2) is 23.0 Å². The molecule has 0 spiro atoms. The van der Waals surface area contributed by atoms with E-state index in [2.05, 4.69) is 21.9 Å². The summed E-state index contributed by atoms with van der Waals surface area (Å²) in [7, 11) is -3.77. The van der Waals surface area contributed by atoms with Crippen LogP contribution >= 0.6 is 0 Å². The van der Waals surface area contributed by atoms with E-state index >= 15 is 0 Å². The Morgan fingerprint density at radius 2 is 1.53 bits per heavy atom. The largest absolute Gasteiger partial charge is 0.490 e. The number of pyridine rings is 1. The Kier molecular flexibility index (Phi) is 11.2. The maximum atomic E-state index is 13.7. The lowest BCUT2D eigenvalue weighted by Gasteiger charge is -2.28. The predicted molar refractivity (Wildman–Crippen MR) is 142 cm³/mol. The highest BCUT2D eigenvalue weighted by Gasteiger charge is 2.47. The third-order valence-electron chi connectivity index (χ3n) is 6.35. The number of ether oxygens (including phenoxy) is 1. The zero-order chi connectivity index (χ0) is 33.6. The standard InChI is InChI=1S/C22H25N5O3S.2C2HF3O2/c1-2-26-13-18(11-24-26)12-25-15-19-20(16-25)30-22-21(9-6-10-23-22)31(28,29)27(19)14-17-7-4-3-5-8-17;2*3-2(4,5)1(6)7/h3-11,13,19-20H,2,12,14-16H2,1H3;2*(H,6,7). The van der Waals surface area contributed by atoms with Crippen molar-refractivity contribution in [2.45, 2.75) is 56.0 Å². The van der Waals surface area contributed by atoms with E-state index in [9.17, 15) is 34.8 Å². The highest BCUT2D eigenvalue weighted by Crippen LogP contribution is 2.36. The topological polar surface area (TPSA) is 155 Å². The first kappa shape index (κ1) is 35.3. The lowest BCUT2D eigenvalue weighted by molar-refractivity contribution is -0.193. The summed E-state index contributed by atoms with van der Waals surface area (Å²) in [5.41, 5.74) is 2.05. The number of rotatable bonds is 5. The zero-order valence-corrected chi connectivity index (χ0v) is 24.1. The Morgan fingerprint density at radius 3 is 2.07 bits per heavy atom. The van der Waals surface area contributed by atoms with Crippen molar-refractivity contribution in [3.05, 3.63) is 72.2 Å². The van der Waals surface area contributed by atoms with Crippen LogP contribution in [0.1, 0.15) is 18.1 Å². The van der Waals surface area contributed by atoms with Crippen molar-refractivity contribution in [1.82, 2.24) is 24.0 Å². The molecule has 45 heavy (non-hydrogen) atoms. The Bertz CT molecular complexity index is 1540. The van der Waals surface area contributed by atoms with Gasteiger partial charge in [-0.05, 0) is 24.6 Å². The number of alkyl halides is 6. The van der Waals surface area contributed by atoms with Gasteiger partial charge in [-0.3, -0.25) is 9.58 Å². The summed E-state index contributed by atoms with van der Waals surface area (Å²) >= 11 is 0. The summed E-state index contributed by atoms with van der Waals surface area (Å²) in [6.45, 7) is 5.07. The summed E-state index contributed by atoms with van der Waals surface area (Å²) in [6.07, 6.45) is -4.99. The number of benzene rings is 1. The number of hydrogen-bond acceptors (Lipinski definition) is 8. The van der Waals surface area contributed by atoms with E-state index in [1.807, 2.05) is 47.4 Å². The van der Waals surface area contributed by atoms with Crippen LogP contribution in [0.3, 0.4) is 0 Å². The highest BCUT2D eigenvalue weighted by atomic mass is 32.2. The summed E-state index contributed by atoms with van der Waals surface area (Å²) < 4.78 is 100. The molecule has 5 rings (SSSR count). The number of aliphatic carboxylic acids is 2. The van der Waals surface area contributed by atoms with Gasteiger partial charge in [0.15, 0.2) is 0 Å². The molecule has 2 aliphatic heterocycles. The summed E-state index contributed by atoms with van der Waals surface area (Å²) in [4.78, 5) is 24.4. The maximum Gasteiger partial charge on any atom is 0.490 e. The van der Waals surface area contributed by atoms with Crippen LogP contribution in [-0.4, -0.2) is 92.1 Å². The zero-order valence-electron chi connectivity index (χ0n) is 23.3. The molecule has 2 unspecified atom stereocenters. The third kappa shape index (κ3) is 9.38. The third-order valence-corrected chi connectivity index (χ3v) is 8.24. The number of fused-ring (bicyclic) bond motifs is 2. The smallest absolute Gasteiger partial charge is 0.475 e. The van der Waals surface area contributed by atoms with Crippen LogP contribution in [0.2, 0.25) is 0 Å². The molecule has 2 N–H and O–H groups in total. The number of sulfonamides is 1. The van der Waals surface area contributed by atoms with E-state index in [-0.39, 0.29) is 22.9 Å². The number of likely N-dealkylation sites (tertiary alicyclic amines) is 1. The second kappa shape index (κ2) is 14.2. The fraction of sp³-hybridized carbons (Fsp3) is 0.385. The fourth-order valence-electron chi connectivity index (χ4n) is 4.35. The van der Waals surface area contributed by atoms with Crippen molar-refractivity contribution in [2.75, 3.05) is 13.1 Å². The van der Waals surface area contributed by atoms with E-state index in [1.54, 1.807) is 22.6 Å². The molecule has 4 heterocycles. The molecule has 2 aromatic heterocycles. The molecule has 0 bridgehead atoms. The van der Waals surface area contributed by atoms with E-state index in [1.165, 1.54) is 0 Å². The van der Waals surface area contributed by atoms with Gasteiger partial charge in [-0.1, -0.05) is 30.3 Å². The quantitative estimate of drug-likeness (QED) is 0.387. The minimum atomic E-state index is -5.08. The molecule has 3 aromatic rings. The average molecular weight is 668 g/mol. The second-order valence-corrected chi connectivity index (χ2v) is 11.4. The molecule has 1 aromatic carbocycles. The first-order chi connectivity index (χ1) is 20.9. The first-order valence-corrected chi connectivity index (χ1v) is 14.4. The number of carbonyl (C=O) groups is 2. The normalized spacial score (nSPS) is 19.4. The van der Waals surface area contributed by atoms with Gasteiger partial charge in [0.2, 0.25) is 15.9 Å². The number of carboxylic acid groups (broad SMARTS) is 2. The van der Waals surface area contributed by atoms with Crippen LogP contribution < -0.4 is 4.74 Å². The van der Waals surface area contributed by atoms with E-state index < -0.39 is 34.3 Å². The molecular weight excluding hydrogens is 640 g/mol. The molecule has 1 fully saturated rings. The fourth-order valence-corrected chi connectivity index (χ4v) is 6.05. The van der Waals surface area contributed by atoms with Gasteiger partial charge in [0.05, 0.1) is 12.2 Å². The van der Waals surface area contributed by atoms with Gasteiger partial charge in [0.1, 0.15) is 11.0 Å². The molecule has 0 saturated carbocycles. The SMILES string of the molecule is CCn1cc(CN2CC3Oc4ncccc4S(=O)(=O)N(Cc4ccccc4)C3C2)cn1.O=C(O)C(F)(F)F.O=C(O)C(F)(F)F. The number of nitrogens with zero attached hydrogens (tertiary/aromatic N) is 5. The molecular formula is C26H27F6N5O7S. The van der Waals surface area contributed by atoms with Gasteiger partial charge >= 0.3 is 24.3 Å². The number of hydrogen-bond donors (Lipinski definition) is 2. The van der Waals surface area contributed by atoms with Crippen molar-refractivity contribution >= 4 is 22.0 Å². The van der Waals surface area contributed by atoms with E-state index in [0.717, 1.165) is 17.7 Å². The molecule has 2 atom stereocenters. The van der Waals surface area contributed by atoms with Gasteiger partial charge in [-0.2, -0.15) is 35.7 Å². The van der Waals surface area contributed by atoms with Crippen LogP contribution in [0.4, 0.5) is 26.3 Å². The number of carboxylic acids is 2.